The molecule has 1 amide bonds. The van der Waals surface area contributed by atoms with Crippen molar-refractivity contribution in [2.75, 3.05) is 12.3 Å². The summed E-state index contributed by atoms with van der Waals surface area (Å²) in [6.07, 6.45) is -5.32. The van der Waals surface area contributed by atoms with E-state index in [2.05, 4.69) is 0 Å². The Labute approximate surface area is 147 Å². The SMILES string of the molecule is O=C1CS[C@@H](c2cccc(C(F)(F)F)c2)N1C[C@H](O)c1ccccc1. The first-order valence-electron chi connectivity index (χ1n) is 7.67. The maximum atomic E-state index is 12.9. The monoisotopic (exact) mass is 367 g/mol. The van der Waals surface area contributed by atoms with E-state index in [0.29, 0.717) is 11.1 Å². The van der Waals surface area contributed by atoms with Crippen molar-refractivity contribution in [3.05, 3.63) is 71.3 Å². The van der Waals surface area contributed by atoms with Gasteiger partial charge < -0.3 is 10.0 Å². The number of amides is 1. The fourth-order valence-corrected chi connectivity index (χ4v) is 3.95. The minimum atomic E-state index is -4.43. The topological polar surface area (TPSA) is 40.5 Å². The molecule has 1 N–H and O–H groups in total. The molecule has 2 aromatic carbocycles. The number of hydrogen-bond acceptors (Lipinski definition) is 3. The fraction of sp³-hybridized carbons (Fsp3) is 0.278. The Morgan fingerprint density at radius 2 is 1.88 bits per heavy atom. The molecule has 2 aromatic rings. The highest BCUT2D eigenvalue weighted by Crippen LogP contribution is 2.41. The van der Waals surface area contributed by atoms with E-state index in [9.17, 15) is 23.1 Å². The summed E-state index contributed by atoms with van der Waals surface area (Å²) in [5, 5.41) is 9.83. The number of benzene rings is 2. The molecule has 0 aromatic heterocycles. The standard InChI is InChI=1S/C18H16F3NO2S/c19-18(20,21)14-8-4-7-13(9-14)17-22(16(24)11-25-17)10-15(23)12-5-2-1-3-6-12/h1-9,15,17,23H,10-11H2/t15-,17-/m0/s1. The Bertz CT molecular complexity index is 751. The van der Waals surface area contributed by atoms with Gasteiger partial charge in [0.1, 0.15) is 5.37 Å². The quantitative estimate of drug-likeness (QED) is 0.888. The van der Waals surface area contributed by atoms with Gasteiger partial charge in [0.25, 0.3) is 0 Å². The zero-order valence-corrected chi connectivity index (χ0v) is 13.9. The van der Waals surface area contributed by atoms with E-state index in [1.54, 1.807) is 30.3 Å². The molecule has 2 atom stereocenters. The van der Waals surface area contributed by atoms with Crippen LogP contribution in [0.15, 0.2) is 54.6 Å². The summed E-state index contributed by atoms with van der Waals surface area (Å²) in [6.45, 7) is 0.0385. The van der Waals surface area contributed by atoms with E-state index >= 15 is 0 Å². The molecule has 3 rings (SSSR count). The van der Waals surface area contributed by atoms with E-state index in [0.717, 1.165) is 12.1 Å². The number of hydrogen-bond donors (Lipinski definition) is 1. The van der Waals surface area contributed by atoms with Gasteiger partial charge in [-0.1, -0.05) is 42.5 Å². The number of rotatable bonds is 4. The molecule has 1 aliphatic rings. The van der Waals surface area contributed by atoms with Crippen LogP contribution in [0.3, 0.4) is 0 Å². The van der Waals surface area contributed by atoms with Crippen molar-refractivity contribution in [1.29, 1.82) is 0 Å². The summed E-state index contributed by atoms with van der Waals surface area (Å²) in [7, 11) is 0. The van der Waals surface area contributed by atoms with E-state index in [1.807, 2.05) is 6.07 Å². The molecule has 0 radical (unpaired) electrons. The molecule has 0 unspecified atom stereocenters. The van der Waals surface area contributed by atoms with Crippen LogP contribution in [-0.2, 0) is 11.0 Å². The number of nitrogens with zero attached hydrogens (tertiary/aromatic N) is 1. The highest BCUT2D eigenvalue weighted by atomic mass is 32.2. The third kappa shape index (κ3) is 3.99. The van der Waals surface area contributed by atoms with Crippen molar-refractivity contribution in [2.45, 2.75) is 17.7 Å². The Balaban J connectivity index is 1.83. The zero-order valence-electron chi connectivity index (χ0n) is 13.1. The largest absolute Gasteiger partial charge is 0.416 e. The summed E-state index contributed by atoms with van der Waals surface area (Å²) >= 11 is 1.27. The Morgan fingerprint density at radius 1 is 1.16 bits per heavy atom. The summed E-state index contributed by atoms with van der Waals surface area (Å²) < 4.78 is 38.8. The smallest absolute Gasteiger partial charge is 0.387 e. The first-order chi connectivity index (χ1) is 11.9. The summed E-state index contributed by atoms with van der Waals surface area (Å²) in [5.74, 6) is -0.00927. The maximum absolute atomic E-state index is 12.9. The number of aliphatic hydroxyl groups is 1. The molecule has 0 aliphatic carbocycles. The van der Waals surface area contributed by atoms with E-state index < -0.39 is 23.2 Å². The van der Waals surface area contributed by atoms with Gasteiger partial charge in [0.2, 0.25) is 5.91 Å². The van der Waals surface area contributed by atoms with Crippen LogP contribution >= 0.6 is 11.8 Å². The average Bonchev–Trinajstić information content (AvgIpc) is 2.96. The molecule has 1 heterocycles. The molecule has 1 fully saturated rings. The molecular formula is C18H16F3NO2S. The lowest BCUT2D eigenvalue weighted by molar-refractivity contribution is -0.137. The number of aliphatic hydroxyl groups excluding tert-OH is 1. The second-order valence-electron chi connectivity index (χ2n) is 5.76. The second kappa shape index (κ2) is 7.09. The Morgan fingerprint density at radius 3 is 2.56 bits per heavy atom. The van der Waals surface area contributed by atoms with Crippen molar-refractivity contribution < 1.29 is 23.1 Å². The number of carbonyl (C=O) groups excluding carboxylic acids is 1. The number of carbonyl (C=O) groups is 1. The normalized spacial score (nSPS) is 19.3. The van der Waals surface area contributed by atoms with Gasteiger partial charge in [-0.25, -0.2) is 0 Å². The average molecular weight is 367 g/mol. The first-order valence-corrected chi connectivity index (χ1v) is 8.72. The first kappa shape index (κ1) is 17.8. The fourth-order valence-electron chi connectivity index (χ4n) is 2.76. The number of thioether (sulfide) groups is 1. The predicted molar refractivity (Wildman–Crippen MR) is 89.8 cm³/mol. The van der Waals surface area contributed by atoms with Crippen LogP contribution in [0.2, 0.25) is 0 Å². The van der Waals surface area contributed by atoms with E-state index in [-0.39, 0.29) is 18.2 Å². The second-order valence-corrected chi connectivity index (χ2v) is 6.83. The molecule has 7 heteroatoms. The Kier molecular flexibility index (Phi) is 5.06. The van der Waals surface area contributed by atoms with E-state index in [1.165, 1.54) is 22.7 Å². The van der Waals surface area contributed by atoms with Crippen molar-refractivity contribution in [2.24, 2.45) is 0 Å². The van der Waals surface area contributed by atoms with Crippen LogP contribution in [-0.4, -0.2) is 28.2 Å². The van der Waals surface area contributed by atoms with E-state index in [4.69, 9.17) is 0 Å². The number of halogens is 3. The molecular weight excluding hydrogens is 351 g/mol. The molecule has 0 bridgehead atoms. The van der Waals surface area contributed by atoms with Gasteiger partial charge in [-0.05, 0) is 23.3 Å². The molecule has 0 saturated carbocycles. The minimum Gasteiger partial charge on any atom is -0.387 e. The summed E-state index contributed by atoms with van der Waals surface area (Å²) in [5.41, 5.74) is 0.328. The molecule has 0 spiro atoms. The van der Waals surface area contributed by atoms with Crippen LogP contribution < -0.4 is 0 Å². The van der Waals surface area contributed by atoms with Crippen LogP contribution in [0, 0.1) is 0 Å². The lowest BCUT2D eigenvalue weighted by atomic mass is 10.1. The van der Waals surface area contributed by atoms with Gasteiger partial charge in [-0.2, -0.15) is 13.2 Å². The molecule has 25 heavy (non-hydrogen) atoms. The predicted octanol–water partition coefficient (Wildman–Crippen LogP) is 4.01. The summed E-state index contributed by atoms with van der Waals surface area (Å²) in [6, 6.07) is 13.9. The van der Waals surface area contributed by atoms with Gasteiger partial charge in [0.05, 0.1) is 24.0 Å². The molecule has 1 aliphatic heterocycles. The summed E-state index contributed by atoms with van der Waals surface area (Å²) in [4.78, 5) is 13.6. The van der Waals surface area contributed by atoms with Crippen LogP contribution in [0.4, 0.5) is 13.2 Å². The minimum absolute atomic E-state index is 0.0385. The molecule has 3 nitrogen and oxygen atoms in total. The number of β-amino-alcohol motifs (C(OH)–C–C–N with tert-alkyl or cyclic N) is 1. The van der Waals surface area contributed by atoms with Gasteiger partial charge in [-0.3, -0.25) is 4.79 Å². The highest BCUT2D eigenvalue weighted by molar-refractivity contribution is 8.00. The molecule has 1 saturated heterocycles. The Hall–Kier alpha value is -1.99. The van der Waals surface area contributed by atoms with Crippen molar-refractivity contribution in [3.8, 4) is 0 Å². The van der Waals surface area contributed by atoms with Crippen LogP contribution in [0.25, 0.3) is 0 Å². The van der Waals surface area contributed by atoms with Crippen LogP contribution in [0.1, 0.15) is 28.2 Å². The maximum Gasteiger partial charge on any atom is 0.416 e. The van der Waals surface area contributed by atoms with Gasteiger partial charge in [0, 0.05) is 0 Å². The van der Waals surface area contributed by atoms with Gasteiger partial charge in [-0.15, -0.1) is 11.8 Å². The van der Waals surface area contributed by atoms with Gasteiger partial charge >= 0.3 is 6.18 Å². The van der Waals surface area contributed by atoms with Gasteiger partial charge in [0.15, 0.2) is 0 Å². The number of alkyl halides is 3. The third-order valence-corrected chi connectivity index (χ3v) is 5.28. The van der Waals surface area contributed by atoms with Crippen molar-refractivity contribution in [3.63, 3.8) is 0 Å². The van der Waals surface area contributed by atoms with Crippen LogP contribution in [0.5, 0.6) is 0 Å². The zero-order chi connectivity index (χ0) is 18.0. The third-order valence-electron chi connectivity index (χ3n) is 4.02. The lowest BCUT2D eigenvalue weighted by Gasteiger charge is -2.27. The lowest BCUT2D eigenvalue weighted by Crippen LogP contribution is -2.32. The van der Waals surface area contributed by atoms with Crippen molar-refractivity contribution >= 4 is 17.7 Å². The van der Waals surface area contributed by atoms with Crippen molar-refractivity contribution in [1.82, 2.24) is 4.90 Å². The highest BCUT2D eigenvalue weighted by Gasteiger charge is 2.36. The molecule has 132 valence electrons.